The number of hydrogen-bond acceptors (Lipinski definition) is 2. The van der Waals surface area contributed by atoms with Crippen LogP contribution in [0.5, 0.6) is 0 Å². The van der Waals surface area contributed by atoms with Crippen molar-refractivity contribution in [3.8, 4) is 17.3 Å². The van der Waals surface area contributed by atoms with Crippen molar-refractivity contribution in [3.63, 3.8) is 0 Å². The highest BCUT2D eigenvalue weighted by molar-refractivity contribution is 5.60. The van der Waals surface area contributed by atoms with Crippen molar-refractivity contribution in [1.82, 2.24) is 4.98 Å². The van der Waals surface area contributed by atoms with Gasteiger partial charge in [-0.15, -0.1) is 0 Å². The molecule has 0 saturated carbocycles. The summed E-state index contributed by atoms with van der Waals surface area (Å²) in [5.74, 6) is 0. The van der Waals surface area contributed by atoms with Gasteiger partial charge < -0.3 is 0 Å². The third-order valence-corrected chi connectivity index (χ3v) is 2.45. The lowest BCUT2D eigenvalue weighted by Crippen LogP contribution is -1.87. The fourth-order valence-electron chi connectivity index (χ4n) is 1.56. The lowest BCUT2D eigenvalue weighted by Gasteiger charge is -2.02. The van der Waals surface area contributed by atoms with Crippen molar-refractivity contribution in [2.75, 3.05) is 0 Å². The Morgan fingerprint density at radius 3 is 2.62 bits per heavy atom. The number of pyridine rings is 1. The van der Waals surface area contributed by atoms with E-state index in [9.17, 15) is 0 Å². The molecule has 0 N–H and O–H groups in total. The highest BCUT2D eigenvalue weighted by Gasteiger charge is 2.00. The number of rotatable bonds is 2. The molecule has 2 heteroatoms. The van der Waals surface area contributed by atoms with Gasteiger partial charge in [0, 0.05) is 11.8 Å². The standard InChI is InChI=1S/C14H12N2/c1-11-2-4-13(5-3-11)14-10-12(6-8-15)7-9-16-14/h2-5,7,9-10H,6H2,1H3. The zero-order chi connectivity index (χ0) is 11.4. The molecule has 16 heavy (non-hydrogen) atoms. The van der Waals surface area contributed by atoms with Gasteiger partial charge in [0.25, 0.3) is 0 Å². The summed E-state index contributed by atoms with van der Waals surface area (Å²) in [6, 6.07) is 14.2. The topological polar surface area (TPSA) is 36.7 Å². The van der Waals surface area contributed by atoms with Gasteiger partial charge in [-0.1, -0.05) is 29.8 Å². The van der Waals surface area contributed by atoms with Crippen molar-refractivity contribution in [2.45, 2.75) is 13.3 Å². The second-order valence-electron chi connectivity index (χ2n) is 3.75. The molecule has 2 rings (SSSR count). The maximum absolute atomic E-state index is 8.65. The predicted octanol–water partition coefficient (Wildman–Crippen LogP) is 3.12. The first-order chi connectivity index (χ1) is 7.79. The van der Waals surface area contributed by atoms with Crippen molar-refractivity contribution in [2.24, 2.45) is 0 Å². The second kappa shape index (κ2) is 4.59. The smallest absolute Gasteiger partial charge is 0.0705 e. The lowest BCUT2D eigenvalue weighted by molar-refractivity contribution is 1.21. The molecule has 1 aromatic carbocycles. The first kappa shape index (κ1) is 10.4. The Hall–Kier alpha value is -2.14. The molecule has 0 aliphatic carbocycles. The van der Waals surface area contributed by atoms with E-state index in [4.69, 9.17) is 5.26 Å². The first-order valence-corrected chi connectivity index (χ1v) is 5.18. The SMILES string of the molecule is Cc1ccc(-c2cc(CC#N)ccn2)cc1. The van der Waals surface area contributed by atoms with Crippen LogP contribution in [0.15, 0.2) is 42.6 Å². The molecule has 1 heterocycles. The van der Waals surface area contributed by atoms with E-state index >= 15 is 0 Å². The summed E-state index contributed by atoms with van der Waals surface area (Å²) in [6.45, 7) is 2.06. The third kappa shape index (κ3) is 2.26. The van der Waals surface area contributed by atoms with E-state index in [1.165, 1.54) is 5.56 Å². The fraction of sp³-hybridized carbons (Fsp3) is 0.143. The van der Waals surface area contributed by atoms with Crippen molar-refractivity contribution < 1.29 is 0 Å². The summed E-state index contributed by atoms with van der Waals surface area (Å²) in [6.07, 6.45) is 2.18. The Kier molecular flexibility index (Phi) is 2.98. The Balaban J connectivity index is 2.37. The molecule has 0 radical (unpaired) electrons. The molecule has 2 nitrogen and oxygen atoms in total. The summed E-state index contributed by atoms with van der Waals surface area (Å²) < 4.78 is 0. The number of aromatic nitrogens is 1. The Labute approximate surface area is 95.2 Å². The van der Waals surface area contributed by atoms with E-state index in [1.54, 1.807) is 6.20 Å². The normalized spacial score (nSPS) is 9.75. The zero-order valence-electron chi connectivity index (χ0n) is 9.14. The van der Waals surface area contributed by atoms with Crippen LogP contribution in [0.2, 0.25) is 0 Å². The quantitative estimate of drug-likeness (QED) is 0.760. The highest BCUT2D eigenvalue weighted by atomic mass is 14.7. The van der Waals surface area contributed by atoms with Gasteiger partial charge >= 0.3 is 0 Å². The molecule has 0 unspecified atom stereocenters. The minimum Gasteiger partial charge on any atom is -0.256 e. The molecule has 0 fully saturated rings. The monoisotopic (exact) mass is 208 g/mol. The van der Waals surface area contributed by atoms with E-state index in [-0.39, 0.29) is 0 Å². The maximum Gasteiger partial charge on any atom is 0.0705 e. The number of nitrogens with zero attached hydrogens (tertiary/aromatic N) is 2. The molecule has 0 aliphatic heterocycles. The van der Waals surface area contributed by atoms with Crippen molar-refractivity contribution in [3.05, 3.63) is 53.7 Å². The van der Waals surface area contributed by atoms with E-state index in [0.29, 0.717) is 6.42 Å². The van der Waals surface area contributed by atoms with Crippen LogP contribution < -0.4 is 0 Å². The number of hydrogen-bond donors (Lipinski definition) is 0. The van der Waals surface area contributed by atoms with Crippen LogP contribution in [-0.2, 0) is 6.42 Å². The van der Waals surface area contributed by atoms with Crippen LogP contribution in [-0.4, -0.2) is 4.98 Å². The summed E-state index contributed by atoms with van der Waals surface area (Å²) in [4.78, 5) is 4.31. The van der Waals surface area contributed by atoms with Crippen molar-refractivity contribution in [1.29, 1.82) is 5.26 Å². The van der Waals surface area contributed by atoms with Crippen LogP contribution in [0.3, 0.4) is 0 Å². The molecule has 0 saturated heterocycles. The molecule has 1 aromatic heterocycles. The maximum atomic E-state index is 8.65. The van der Waals surface area contributed by atoms with E-state index in [0.717, 1.165) is 16.8 Å². The Bertz CT molecular complexity index is 521. The van der Waals surface area contributed by atoms with Crippen LogP contribution in [0.4, 0.5) is 0 Å². The van der Waals surface area contributed by atoms with E-state index in [2.05, 4.69) is 30.1 Å². The summed E-state index contributed by atoms with van der Waals surface area (Å²) in [5.41, 5.74) is 4.25. The van der Waals surface area contributed by atoms with Crippen molar-refractivity contribution >= 4 is 0 Å². The van der Waals surface area contributed by atoms with Gasteiger partial charge in [0.2, 0.25) is 0 Å². The Morgan fingerprint density at radius 1 is 1.19 bits per heavy atom. The van der Waals surface area contributed by atoms with Gasteiger partial charge in [0.15, 0.2) is 0 Å². The number of nitriles is 1. The van der Waals surface area contributed by atoms with Gasteiger partial charge in [-0.3, -0.25) is 4.98 Å². The fourth-order valence-corrected chi connectivity index (χ4v) is 1.56. The van der Waals surface area contributed by atoms with E-state index < -0.39 is 0 Å². The summed E-state index contributed by atoms with van der Waals surface area (Å²) >= 11 is 0. The minimum absolute atomic E-state index is 0.432. The second-order valence-corrected chi connectivity index (χ2v) is 3.75. The van der Waals surface area contributed by atoms with Gasteiger partial charge in [0.1, 0.15) is 0 Å². The van der Waals surface area contributed by atoms with Crippen LogP contribution in [0.1, 0.15) is 11.1 Å². The van der Waals surface area contributed by atoms with Gasteiger partial charge in [0.05, 0.1) is 18.2 Å². The molecule has 78 valence electrons. The van der Waals surface area contributed by atoms with Gasteiger partial charge in [-0.25, -0.2) is 0 Å². The average Bonchev–Trinajstić information content (AvgIpc) is 2.31. The third-order valence-electron chi connectivity index (χ3n) is 2.45. The predicted molar refractivity (Wildman–Crippen MR) is 63.7 cm³/mol. The lowest BCUT2D eigenvalue weighted by atomic mass is 10.1. The Morgan fingerprint density at radius 2 is 1.94 bits per heavy atom. The van der Waals surface area contributed by atoms with Gasteiger partial charge in [-0.2, -0.15) is 5.26 Å². The largest absolute Gasteiger partial charge is 0.256 e. The molecule has 2 aromatic rings. The average molecular weight is 208 g/mol. The van der Waals surface area contributed by atoms with Crippen LogP contribution >= 0.6 is 0 Å². The minimum atomic E-state index is 0.432. The molecule has 0 spiro atoms. The molecular weight excluding hydrogens is 196 g/mol. The van der Waals surface area contributed by atoms with Crippen LogP contribution in [0.25, 0.3) is 11.3 Å². The molecule has 0 atom stereocenters. The zero-order valence-corrected chi connectivity index (χ0v) is 9.14. The highest BCUT2D eigenvalue weighted by Crippen LogP contribution is 2.18. The first-order valence-electron chi connectivity index (χ1n) is 5.18. The summed E-state index contributed by atoms with van der Waals surface area (Å²) in [5, 5.41) is 8.65. The molecular formula is C14H12N2. The summed E-state index contributed by atoms with van der Waals surface area (Å²) in [7, 11) is 0. The molecule has 0 amide bonds. The number of benzene rings is 1. The molecule has 0 bridgehead atoms. The number of aryl methyl sites for hydroxylation is 1. The molecule has 0 aliphatic rings. The van der Waals surface area contributed by atoms with Crippen LogP contribution in [0, 0.1) is 18.3 Å². The van der Waals surface area contributed by atoms with Gasteiger partial charge in [-0.05, 0) is 24.6 Å². The van der Waals surface area contributed by atoms with E-state index in [1.807, 2.05) is 24.3 Å².